The Morgan fingerprint density at radius 3 is 1.80 bits per heavy atom. The van der Waals surface area contributed by atoms with Crippen molar-refractivity contribution in [3.63, 3.8) is 0 Å². The summed E-state index contributed by atoms with van der Waals surface area (Å²) in [5.41, 5.74) is -1.83. The van der Waals surface area contributed by atoms with Gasteiger partial charge in [0.1, 0.15) is 0 Å². The molecule has 0 heterocycles. The Bertz CT molecular complexity index is 147. The van der Waals surface area contributed by atoms with E-state index in [1.54, 1.807) is 0 Å². The molecule has 0 aromatic rings. The molecule has 10 heavy (non-hydrogen) atoms. The SMILES string of the molecule is COP(=O)(O)C(=O)O.[NaH].[NaH]. The third-order valence-electron chi connectivity index (χ3n) is 0.489. The van der Waals surface area contributed by atoms with Gasteiger partial charge in [-0.1, -0.05) is 0 Å². The van der Waals surface area contributed by atoms with E-state index in [9.17, 15) is 9.36 Å². The summed E-state index contributed by atoms with van der Waals surface area (Å²) in [4.78, 5) is 17.7. The first kappa shape index (κ1) is 17.6. The Hall–Kier alpha value is 1.62. The summed E-state index contributed by atoms with van der Waals surface area (Å²) in [6, 6.07) is 0. The Morgan fingerprint density at radius 1 is 1.50 bits per heavy atom. The zero-order chi connectivity index (χ0) is 6.78. The van der Waals surface area contributed by atoms with Gasteiger partial charge in [0.05, 0.1) is 0 Å². The first-order valence-corrected chi connectivity index (χ1v) is 3.20. The normalized spacial score (nSPS) is 13.8. The molecular formula is C2H7Na2O5P. The van der Waals surface area contributed by atoms with Crippen molar-refractivity contribution in [2.24, 2.45) is 0 Å². The molecule has 52 valence electrons. The predicted molar refractivity (Wildman–Crippen MR) is 39.2 cm³/mol. The molecule has 0 aliphatic rings. The van der Waals surface area contributed by atoms with E-state index in [0.29, 0.717) is 0 Å². The molecule has 0 spiro atoms. The van der Waals surface area contributed by atoms with Gasteiger partial charge in [0, 0.05) is 7.11 Å². The van der Waals surface area contributed by atoms with Crippen LogP contribution in [0.1, 0.15) is 0 Å². The van der Waals surface area contributed by atoms with Crippen molar-refractivity contribution >= 4 is 72.4 Å². The van der Waals surface area contributed by atoms with Crippen LogP contribution in [0.4, 0.5) is 4.79 Å². The van der Waals surface area contributed by atoms with Crippen molar-refractivity contribution in [3.8, 4) is 0 Å². The van der Waals surface area contributed by atoms with Crippen LogP contribution in [-0.2, 0) is 9.09 Å². The van der Waals surface area contributed by atoms with Crippen LogP contribution >= 0.6 is 7.60 Å². The second kappa shape index (κ2) is 7.28. The number of carboxylic acid groups (broad SMARTS) is 1. The van der Waals surface area contributed by atoms with E-state index in [1.807, 2.05) is 0 Å². The number of hydrogen-bond acceptors (Lipinski definition) is 3. The van der Waals surface area contributed by atoms with Crippen molar-refractivity contribution in [2.45, 2.75) is 0 Å². The van der Waals surface area contributed by atoms with Crippen LogP contribution in [0.15, 0.2) is 0 Å². The first-order chi connectivity index (χ1) is 3.50. The summed E-state index contributed by atoms with van der Waals surface area (Å²) >= 11 is 0. The van der Waals surface area contributed by atoms with E-state index >= 15 is 0 Å². The van der Waals surface area contributed by atoms with Gasteiger partial charge in [-0.25, -0.2) is 9.36 Å². The second-order valence-corrected chi connectivity index (χ2v) is 2.77. The molecule has 1 unspecified atom stereocenters. The molecule has 2 N–H and O–H groups in total. The maximum atomic E-state index is 10.0. The van der Waals surface area contributed by atoms with E-state index < -0.39 is 13.3 Å². The quantitative estimate of drug-likeness (QED) is 0.437. The van der Waals surface area contributed by atoms with Crippen LogP contribution in [0.5, 0.6) is 0 Å². The van der Waals surface area contributed by atoms with Gasteiger partial charge in [-0.15, -0.1) is 0 Å². The van der Waals surface area contributed by atoms with Gasteiger partial charge < -0.3 is 14.5 Å². The molecule has 0 amide bonds. The second-order valence-electron chi connectivity index (χ2n) is 0.986. The molecule has 8 heteroatoms. The standard InChI is InChI=1S/C2H5O5P.2Na.2H/c1-7-8(5,6)2(3)4;;;;/h1H3,(H,3,4)(H,5,6);;;;. The molecule has 0 bridgehead atoms. The fraction of sp³-hybridized carbons (Fsp3) is 0.500. The van der Waals surface area contributed by atoms with E-state index in [0.717, 1.165) is 7.11 Å². The van der Waals surface area contributed by atoms with Crippen molar-refractivity contribution in [2.75, 3.05) is 7.11 Å². The van der Waals surface area contributed by atoms with E-state index in [1.165, 1.54) is 0 Å². The van der Waals surface area contributed by atoms with Gasteiger partial charge in [-0.3, -0.25) is 0 Å². The minimum atomic E-state index is -4.33. The van der Waals surface area contributed by atoms with Crippen molar-refractivity contribution < 1.29 is 23.9 Å². The molecule has 0 saturated carbocycles. The fourth-order valence-corrected chi connectivity index (χ4v) is 0.234. The predicted octanol–water partition coefficient (Wildman–Crippen LogP) is -0.801. The molecule has 0 saturated heterocycles. The molecule has 0 aliphatic heterocycles. The number of hydrogen-bond donors (Lipinski definition) is 2. The number of rotatable bonds is 2. The van der Waals surface area contributed by atoms with Crippen LogP contribution in [-0.4, -0.2) is 81.9 Å². The van der Waals surface area contributed by atoms with Crippen LogP contribution in [0.2, 0.25) is 0 Å². The van der Waals surface area contributed by atoms with E-state index in [4.69, 9.17) is 10.00 Å². The first-order valence-electron chi connectivity index (χ1n) is 1.62. The summed E-state index contributed by atoms with van der Waals surface area (Å²) in [6.07, 6.45) is 0. The molecule has 0 aliphatic carbocycles. The fourth-order valence-electron chi connectivity index (χ4n) is 0.0781. The summed E-state index contributed by atoms with van der Waals surface area (Å²) in [5, 5.41) is 7.80. The van der Waals surface area contributed by atoms with Gasteiger partial charge >= 0.3 is 72.4 Å². The zero-order valence-corrected chi connectivity index (χ0v) is 4.96. The van der Waals surface area contributed by atoms with Gasteiger partial charge in [-0.2, -0.15) is 0 Å². The average molecular weight is 188 g/mol. The Balaban J connectivity index is -0.000000245. The topological polar surface area (TPSA) is 83.8 Å². The average Bonchev–Trinajstić information content (AvgIpc) is 1.67. The molecule has 0 rings (SSSR count). The summed E-state index contributed by atoms with van der Waals surface area (Å²) in [7, 11) is -3.47. The Kier molecular flexibility index (Phi) is 12.8. The summed E-state index contributed by atoms with van der Waals surface area (Å²) in [6.45, 7) is 0. The molecule has 1 atom stereocenters. The van der Waals surface area contributed by atoms with Gasteiger partial charge in [0.2, 0.25) is 0 Å². The van der Waals surface area contributed by atoms with Crippen LogP contribution in [0, 0.1) is 0 Å². The van der Waals surface area contributed by atoms with Crippen molar-refractivity contribution in [3.05, 3.63) is 0 Å². The third kappa shape index (κ3) is 6.34. The van der Waals surface area contributed by atoms with Crippen molar-refractivity contribution in [1.29, 1.82) is 0 Å². The van der Waals surface area contributed by atoms with E-state index in [-0.39, 0.29) is 59.1 Å². The Morgan fingerprint density at radius 2 is 1.80 bits per heavy atom. The summed E-state index contributed by atoms with van der Waals surface area (Å²) < 4.78 is 13.7. The third-order valence-corrected chi connectivity index (χ3v) is 1.47. The molecular weight excluding hydrogens is 181 g/mol. The molecule has 0 radical (unpaired) electrons. The van der Waals surface area contributed by atoms with Gasteiger partial charge in [0.15, 0.2) is 0 Å². The monoisotopic (exact) mass is 188 g/mol. The number of carbonyl (C=O) groups is 1. The van der Waals surface area contributed by atoms with Gasteiger partial charge in [-0.05, 0) is 0 Å². The van der Waals surface area contributed by atoms with Crippen LogP contribution in [0.25, 0.3) is 0 Å². The van der Waals surface area contributed by atoms with E-state index in [2.05, 4.69) is 4.52 Å². The Labute approximate surface area is 102 Å². The molecule has 0 aromatic carbocycles. The minimum absolute atomic E-state index is 0. The summed E-state index contributed by atoms with van der Waals surface area (Å²) in [5.74, 6) is 0. The molecule has 0 fully saturated rings. The maximum absolute atomic E-state index is 10.0. The van der Waals surface area contributed by atoms with Crippen molar-refractivity contribution in [1.82, 2.24) is 0 Å². The molecule has 5 nitrogen and oxygen atoms in total. The van der Waals surface area contributed by atoms with Crippen LogP contribution in [0.3, 0.4) is 0 Å². The van der Waals surface area contributed by atoms with Crippen LogP contribution < -0.4 is 0 Å². The zero-order valence-electron chi connectivity index (χ0n) is 4.07. The molecule has 0 aromatic heterocycles. The van der Waals surface area contributed by atoms with Gasteiger partial charge in [0.25, 0.3) is 0 Å².